The zero-order valence-electron chi connectivity index (χ0n) is 10.8. The maximum Gasteiger partial charge on any atom is 0.263 e. The fraction of sp³-hybridized carbons (Fsp3) is 0.385. The average Bonchev–Trinajstić information content (AvgIpc) is 2.61. The first kappa shape index (κ1) is 12.6. The SMILES string of the molecule is COCCN(C)c1cccc2c1C(=O)N(C)C2=O. The molecule has 0 radical (unpaired) electrons. The van der Waals surface area contributed by atoms with Crippen LogP contribution in [0.4, 0.5) is 5.69 Å². The lowest BCUT2D eigenvalue weighted by molar-refractivity contribution is 0.0693. The Morgan fingerprint density at radius 2 is 2.00 bits per heavy atom. The Labute approximate surface area is 106 Å². The first-order valence-corrected chi connectivity index (χ1v) is 5.73. The minimum Gasteiger partial charge on any atom is -0.383 e. The van der Waals surface area contributed by atoms with Gasteiger partial charge in [-0.05, 0) is 12.1 Å². The number of likely N-dealkylation sites (N-methyl/N-ethyl adjacent to an activating group) is 1. The van der Waals surface area contributed by atoms with Gasteiger partial charge in [-0.25, -0.2) is 0 Å². The molecule has 0 aromatic heterocycles. The molecule has 2 amide bonds. The monoisotopic (exact) mass is 248 g/mol. The lowest BCUT2D eigenvalue weighted by atomic mass is 10.1. The van der Waals surface area contributed by atoms with E-state index in [9.17, 15) is 9.59 Å². The van der Waals surface area contributed by atoms with Crippen molar-refractivity contribution >= 4 is 17.5 Å². The second-order valence-corrected chi connectivity index (χ2v) is 4.28. The molecule has 0 bridgehead atoms. The highest BCUT2D eigenvalue weighted by Crippen LogP contribution is 2.30. The first-order chi connectivity index (χ1) is 8.57. The summed E-state index contributed by atoms with van der Waals surface area (Å²) < 4.78 is 5.02. The predicted molar refractivity (Wildman–Crippen MR) is 68.0 cm³/mol. The van der Waals surface area contributed by atoms with Gasteiger partial charge in [0.15, 0.2) is 0 Å². The van der Waals surface area contributed by atoms with Gasteiger partial charge in [-0.2, -0.15) is 0 Å². The molecule has 2 rings (SSSR count). The van der Waals surface area contributed by atoms with E-state index in [0.717, 1.165) is 10.6 Å². The van der Waals surface area contributed by atoms with E-state index in [1.54, 1.807) is 19.2 Å². The zero-order valence-corrected chi connectivity index (χ0v) is 10.8. The molecule has 0 unspecified atom stereocenters. The van der Waals surface area contributed by atoms with Gasteiger partial charge >= 0.3 is 0 Å². The van der Waals surface area contributed by atoms with Crippen molar-refractivity contribution in [1.82, 2.24) is 4.90 Å². The first-order valence-electron chi connectivity index (χ1n) is 5.73. The number of anilines is 1. The number of methoxy groups -OCH3 is 1. The van der Waals surface area contributed by atoms with Gasteiger partial charge in [0.1, 0.15) is 0 Å². The van der Waals surface area contributed by atoms with E-state index in [2.05, 4.69) is 0 Å². The van der Waals surface area contributed by atoms with Crippen molar-refractivity contribution < 1.29 is 14.3 Å². The van der Waals surface area contributed by atoms with E-state index in [4.69, 9.17) is 4.74 Å². The minimum atomic E-state index is -0.241. The van der Waals surface area contributed by atoms with Gasteiger partial charge < -0.3 is 9.64 Å². The Kier molecular flexibility index (Phi) is 3.34. The Bertz CT molecular complexity index is 499. The molecular weight excluding hydrogens is 232 g/mol. The molecule has 0 atom stereocenters. The smallest absolute Gasteiger partial charge is 0.263 e. The Morgan fingerprint density at radius 3 is 2.67 bits per heavy atom. The molecule has 0 aliphatic carbocycles. The summed E-state index contributed by atoms with van der Waals surface area (Å²) in [6, 6.07) is 5.33. The summed E-state index contributed by atoms with van der Waals surface area (Å²) in [7, 11) is 5.01. The maximum atomic E-state index is 12.1. The van der Waals surface area contributed by atoms with Crippen molar-refractivity contribution in [2.24, 2.45) is 0 Å². The number of carbonyl (C=O) groups is 2. The third-order valence-corrected chi connectivity index (χ3v) is 3.14. The molecule has 0 spiro atoms. The Hall–Kier alpha value is -1.88. The van der Waals surface area contributed by atoms with Gasteiger partial charge in [-0.15, -0.1) is 0 Å². The van der Waals surface area contributed by atoms with Crippen LogP contribution in [0, 0.1) is 0 Å². The lowest BCUT2D eigenvalue weighted by Gasteiger charge is -2.20. The van der Waals surface area contributed by atoms with Crippen molar-refractivity contribution in [2.75, 3.05) is 39.3 Å². The summed E-state index contributed by atoms with van der Waals surface area (Å²) in [6.07, 6.45) is 0. The van der Waals surface area contributed by atoms with E-state index >= 15 is 0 Å². The summed E-state index contributed by atoms with van der Waals surface area (Å²) in [5, 5.41) is 0. The van der Waals surface area contributed by atoms with E-state index in [-0.39, 0.29) is 11.8 Å². The molecule has 96 valence electrons. The van der Waals surface area contributed by atoms with Crippen molar-refractivity contribution in [1.29, 1.82) is 0 Å². The Morgan fingerprint density at radius 1 is 1.28 bits per heavy atom. The molecular formula is C13H16N2O3. The number of fused-ring (bicyclic) bond motifs is 1. The topological polar surface area (TPSA) is 49.9 Å². The van der Waals surface area contributed by atoms with Crippen LogP contribution in [0.1, 0.15) is 20.7 Å². The second kappa shape index (κ2) is 4.78. The molecule has 18 heavy (non-hydrogen) atoms. The fourth-order valence-electron chi connectivity index (χ4n) is 2.05. The van der Waals surface area contributed by atoms with Gasteiger partial charge in [-0.3, -0.25) is 14.5 Å². The number of rotatable bonds is 4. The number of carbonyl (C=O) groups excluding carboxylic acids is 2. The molecule has 1 aliphatic heterocycles. The van der Waals surface area contributed by atoms with Crippen LogP contribution in [0.15, 0.2) is 18.2 Å². The van der Waals surface area contributed by atoms with Gasteiger partial charge in [0.05, 0.1) is 23.4 Å². The third-order valence-electron chi connectivity index (χ3n) is 3.14. The molecule has 5 heteroatoms. The minimum absolute atomic E-state index is 0.239. The van der Waals surface area contributed by atoms with E-state index in [1.165, 1.54) is 7.05 Å². The summed E-state index contributed by atoms with van der Waals surface area (Å²) >= 11 is 0. The third kappa shape index (κ3) is 1.86. The van der Waals surface area contributed by atoms with Crippen LogP contribution in [0.3, 0.4) is 0 Å². The number of hydrogen-bond donors (Lipinski definition) is 0. The standard InChI is InChI=1S/C13H16N2O3/c1-14(7-8-18-3)10-6-4-5-9-11(10)13(17)15(2)12(9)16/h4-6H,7-8H2,1-3H3. The van der Waals surface area contributed by atoms with E-state index in [0.29, 0.717) is 24.3 Å². The van der Waals surface area contributed by atoms with Crippen molar-refractivity contribution in [3.8, 4) is 0 Å². The average molecular weight is 248 g/mol. The maximum absolute atomic E-state index is 12.1. The van der Waals surface area contributed by atoms with Gasteiger partial charge in [0.25, 0.3) is 11.8 Å². The van der Waals surface area contributed by atoms with Crippen LogP contribution in [0.5, 0.6) is 0 Å². The van der Waals surface area contributed by atoms with Gasteiger partial charge in [0, 0.05) is 27.7 Å². The number of hydrogen-bond acceptors (Lipinski definition) is 4. The predicted octanol–water partition coefficient (Wildman–Crippen LogP) is 0.995. The summed E-state index contributed by atoms with van der Waals surface area (Å²) in [5.74, 6) is -0.480. The van der Waals surface area contributed by atoms with Crippen molar-refractivity contribution in [3.05, 3.63) is 29.3 Å². The van der Waals surface area contributed by atoms with Crippen molar-refractivity contribution in [2.45, 2.75) is 0 Å². The van der Waals surface area contributed by atoms with Crippen LogP contribution in [-0.4, -0.2) is 51.1 Å². The normalized spacial score (nSPS) is 14.1. The highest BCUT2D eigenvalue weighted by molar-refractivity contribution is 6.23. The molecule has 1 aromatic carbocycles. The van der Waals surface area contributed by atoms with E-state index < -0.39 is 0 Å². The number of benzene rings is 1. The highest BCUT2D eigenvalue weighted by atomic mass is 16.5. The second-order valence-electron chi connectivity index (χ2n) is 4.28. The zero-order chi connectivity index (χ0) is 13.3. The molecule has 0 N–H and O–H groups in total. The number of ether oxygens (including phenoxy) is 1. The van der Waals surface area contributed by atoms with E-state index in [1.807, 2.05) is 18.0 Å². The number of nitrogens with zero attached hydrogens (tertiary/aromatic N) is 2. The highest BCUT2D eigenvalue weighted by Gasteiger charge is 2.35. The molecule has 0 fully saturated rings. The van der Waals surface area contributed by atoms with Crippen LogP contribution < -0.4 is 4.90 Å². The number of amides is 2. The fourth-order valence-corrected chi connectivity index (χ4v) is 2.05. The molecule has 5 nitrogen and oxygen atoms in total. The molecule has 1 heterocycles. The van der Waals surface area contributed by atoms with Crippen LogP contribution >= 0.6 is 0 Å². The molecule has 1 aromatic rings. The summed E-state index contributed by atoms with van der Waals surface area (Å²) in [4.78, 5) is 27.0. The van der Waals surface area contributed by atoms with Gasteiger partial charge in [-0.1, -0.05) is 6.07 Å². The van der Waals surface area contributed by atoms with Gasteiger partial charge in [0.2, 0.25) is 0 Å². The summed E-state index contributed by atoms with van der Waals surface area (Å²) in [5.41, 5.74) is 1.74. The van der Waals surface area contributed by atoms with Crippen LogP contribution in [-0.2, 0) is 4.74 Å². The number of imide groups is 1. The Balaban J connectivity index is 2.41. The lowest BCUT2D eigenvalue weighted by Crippen LogP contribution is -2.26. The molecule has 1 aliphatic rings. The molecule has 0 saturated carbocycles. The van der Waals surface area contributed by atoms with Crippen LogP contribution in [0.2, 0.25) is 0 Å². The quantitative estimate of drug-likeness (QED) is 0.746. The largest absolute Gasteiger partial charge is 0.383 e. The molecule has 0 saturated heterocycles. The van der Waals surface area contributed by atoms with Crippen molar-refractivity contribution in [3.63, 3.8) is 0 Å². The van der Waals surface area contributed by atoms with Crippen LogP contribution in [0.25, 0.3) is 0 Å². The summed E-state index contributed by atoms with van der Waals surface area (Å²) in [6.45, 7) is 1.23.